The summed E-state index contributed by atoms with van der Waals surface area (Å²) < 4.78 is 20.1. The van der Waals surface area contributed by atoms with Gasteiger partial charge < -0.3 is 31.0 Å². The van der Waals surface area contributed by atoms with E-state index in [1.165, 1.54) is 0 Å². The van der Waals surface area contributed by atoms with E-state index < -0.39 is 20.7 Å². The molecule has 1 amide bonds. The van der Waals surface area contributed by atoms with Gasteiger partial charge in [0.25, 0.3) is 0 Å². The summed E-state index contributed by atoms with van der Waals surface area (Å²) in [7, 11) is -9.73. The van der Waals surface area contributed by atoms with Crippen molar-refractivity contribution in [1.82, 2.24) is 0 Å². The van der Waals surface area contributed by atoms with E-state index in [-0.39, 0.29) is 6.41 Å². The van der Waals surface area contributed by atoms with Crippen LogP contribution in [0.25, 0.3) is 0 Å². The fourth-order valence-electron chi connectivity index (χ4n) is 0.196. The predicted molar refractivity (Wildman–Crippen MR) is 42.3 cm³/mol. The number of carbonyl (C=O) groups is 1. The molecule has 0 rings (SSSR count). The molecule has 9 nitrogen and oxygen atoms in total. The Kier molecular flexibility index (Phi) is 6.39. The first-order valence-corrected chi connectivity index (χ1v) is 5.95. The lowest BCUT2D eigenvalue weighted by molar-refractivity contribution is -0.106. The molecule has 0 aromatic heterocycles. The highest BCUT2D eigenvalue weighted by atomic mass is 31.2. The van der Waals surface area contributed by atoms with Crippen LogP contribution in [-0.4, -0.2) is 31.5 Å². The van der Waals surface area contributed by atoms with Gasteiger partial charge >= 0.3 is 15.2 Å². The highest BCUT2D eigenvalue weighted by Crippen LogP contribution is 2.56. The van der Waals surface area contributed by atoms with Crippen LogP contribution in [0.15, 0.2) is 0 Å². The van der Waals surface area contributed by atoms with Gasteiger partial charge in [-0.2, -0.15) is 0 Å². The van der Waals surface area contributed by atoms with Gasteiger partial charge in [0.2, 0.25) is 11.9 Å². The minimum absolute atomic E-state index is 0.250. The molecule has 0 aliphatic carbocycles. The maximum absolute atomic E-state index is 10.1. The van der Waals surface area contributed by atoms with E-state index in [0.29, 0.717) is 0 Å². The molecule has 0 atom stereocenters. The third kappa shape index (κ3) is 8.07. The van der Waals surface area contributed by atoms with Gasteiger partial charge in [-0.15, -0.1) is 0 Å². The molecule has 0 fully saturated rings. The van der Waals surface area contributed by atoms with Crippen LogP contribution in [0.5, 0.6) is 0 Å². The zero-order valence-electron chi connectivity index (χ0n) is 6.22. The summed E-state index contributed by atoms with van der Waals surface area (Å²) in [6, 6.07) is 0. The van der Waals surface area contributed by atoms with Crippen molar-refractivity contribution in [2.24, 2.45) is 11.5 Å². The third-order valence-electron chi connectivity index (χ3n) is 0.689. The molecule has 0 aliphatic heterocycles. The Bertz CT molecular complexity index is 219. The van der Waals surface area contributed by atoms with Crippen molar-refractivity contribution >= 4 is 21.6 Å². The minimum atomic E-state index is -4.86. The van der Waals surface area contributed by atoms with Crippen molar-refractivity contribution in [3.63, 3.8) is 0 Å². The average Bonchev–Trinajstić information content (AvgIpc) is 1.84. The Morgan fingerprint density at radius 2 is 1.23 bits per heavy atom. The molecule has 0 saturated heterocycles. The van der Waals surface area contributed by atoms with E-state index >= 15 is 0 Å². The van der Waals surface area contributed by atoms with Crippen LogP contribution in [-0.2, 0) is 13.9 Å². The van der Waals surface area contributed by atoms with E-state index in [0.717, 1.165) is 0 Å². The Hall–Kier alpha value is -0.270. The van der Waals surface area contributed by atoms with Crippen LogP contribution < -0.4 is 11.5 Å². The molecule has 11 heteroatoms. The Morgan fingerprint density at radius 3 is 1.23 bits per heavy atom. The fraction of sp³-hybridized carbons (Fsp3) is 0.500. The maximum atomic E-state index is 10.1. The zero-order valence-corrected chi connectivity index (χ0v) is 8.01. The van der Waals surface area contributed by atoms with Crippen LogP contribution in [0.1, 0.15) is 0 Å². The van der Waals surface area contributed by atoms with Crippen molar-refractivity contribution in [3.05, 3.63) is 0 Å². The Labute approximate surface area is 73.1 Å². The lowest BCUT2D eigenvalue weighted by atomic mass is 11.5. The van der Waals surface area contributed by atoms with Gasteiger partial charge in [-0.05, 0) is 0 Å². The first-order valence-electron chi connectivity index (χ1n) is 2.58. The molecule has 0 radical (unpaired) electrons. The van der Waals surface area contributed by atoms with Gasteiger partial charge in [-0.3, -0.25) is 13.9 Å². The van der Waals surface area contributed by atoms with E-state index in [9.17, 15) is 9.13 Å². The SMILES string of the molecule is NC(P(=O)(O)O)P(=O)(O)O.NC=O. The van der Waals surface area contributed by atoms with E-state index in [4.69, 9.17) is 24.4 Å². The summed E-state index contributed by atoms with van der Waals surface area (Å²) in [6.45, 7) is 0. The summed E-state index contributed by atoms with van der Waals surface area (Å²) in [5.74, 6) is 0. The first-order chi connectivity index (χ1) is 5.57. The third-order valence-corrected chi connectivity index (χ3v) is 3.87. The topological polar surface area (TPSA) is 184 Å². The van der Waals surface area contributed by atoms with Gasteiger partial charge in [-0.1, -0.05) is 0 Å². The van der Waals surface area contributed by atoms with E-state index in [1.807, 2.05) is 0 Å². The first kappa shape index (κ1) is 15.2. The van der Waals surface area contributed by atoms with Gasteiger partial charge in [0, 0.05) is 0 Å². The number of carbonyl (C=O) groups excluding carboxylic acids is 1. The molecular formula is C2H10N2O7P2. The highest BCUT2D eigenvalue weighted by Gasteiger charge is 2.39. The molecule has 0 unspecified atom stereocenters. The highest BCUT2D eigenvalue weighted by molar-refractivity contribution is 7.70. The van der Waals surface area contributed by atoms with Crippen LogP contribution >= 0.6 is 15.2 Å². The summed E-state index contributed by atoms with van der Waals surface area (Å²) in [4.78, 5) is 41.0. The molecule has 0 spiro atoms. The number of hydrogen-bond acceptors (Lipinski definition) is 4. The van der Waals surface area contributed by atoms with Crippen LogP contribution in [0.2, 0.25) is 0 Å². The second kappa shape index (κ2) is 5.46. The number of rotatable bonds is 2. The van der Waals surface area contributed by atoms with Gasteiger partial charge in [0.05, 0.1) is 0 Å². The number of nitrogens with two attached hydrogens (primary N) is 2. The summed E-state index contributed by atoms with van der Waals surface area (Å²) in [5, 5.41) is 0. The molecule has 0 heterocycles. The molecule has 0 aromatic carbocycles. The van der Waals surface area contributed by atoms with Crippen molar-refractivity contribution < 1.29 is 33.5 Å². The summed E-state index contributed by atoms with van der Waals surface area (Å²) >= 11 is 0. The molecule has 0 bridgehead atoms. The monoisotopic (exact) mass is 236 g/mol. The summed E-state index contributed by atoms with van der Waals surface area (Å²) in [5.41, 5.74) is 6.27. The van der Waals surface area contributed by atoms with E-state index in [2.05, 4.69) is 11.5 Å². The molecular weight excluding hydrogens is 226 g/mol. The minimum Gasteiger partial charge on any atom is -0.372 e. The molecule has 0 aliphatic rings. The second-order valence-electron chi connectivity index (χ2n) is 1.73. The largest absolute Gasteiger partial charge is 0.372 e. The molecule has 80 valence electrons. The second-order valence-corrected chi connectivity index (χ2v) is 5.60. The lowest BCUT2D eigenvalue weighted by Gasteiger charge is -2.13. The Balaban J connectivity index is 0. The van der Waals surface area contributed by atoms with Crippen molar-refractivity contribution in [3.8, 4) is 0 Å². The van der Waals surface area contributed by atoms with Crippen LogP contribution in [0.4, 0.5) is 0 Å². The van der Waals surface area contributed by atoms with Crippen molar-refractivity contribution in [1.29, 1.82) is 0 Å². The predicted octanol–water partition coefficient (Wildman–Crippen LogP) is -2.31. The van der Waals surface area contributed by atoms with Gasteiger partial charge in [0.1, 0.15) is 0 Å². The van der Waals surface area contributed by atoms with E-state index in [1.54, 1.807) is 0 Å². The van der Waals surface area contributed by atoms with Crippen molar-refractivity contribution in [2.45, 2.75) is 5.52 Å². The van der Waals surface area contributed by atoms with Crippen LogP contribution in [0.3, 0.4) is 0 Å². The number of hydrogen-bond donors (Lipinski definition) is 6. The zero-order chi connectivity index (χ0) is 11.3. The van der Waals surface area contributed by atoms with Gasteiger partial charge in [-0.25, -0.2) is 0 Å². The molecule has 8 N–H and O–H groups in total. The Morgan fingerprint density at radius 1 is 1.08 bits per heavy atom. The number of amides is 1. The molecule has 13 heavy (non-hydrogen) atoms. The quantitative estimate of drug-likeness (QED) is 0.228. The maximum Gasteiger partial charge on any atom is 0.354 e. The van der Waals surface area contributed by atoms with Crippen molar-refractivity contribution in [2.75, 3.05) is 0 Å². The summed E-state index contributed by atoms with van der Waals surface area (Å²) in [6.07, 6.45) is 0.250. The molecule has 0 saturated carbocycles. The lowest BCUT2D eigenvalue weighted by Crippen LogP contribution is -2.19. The normalized spacial score (nSPS) is 11.8. The molecule has 0 aromatic rings. The van der Waals surface area contributed by atoms with Gasteiger partial charge in [0.15, 0.2) is 0 Å². The smallest absolute Gasteiger partial charge is 0.354 e. The average molecular weight is 236 g/mol. The van der Waals surface area contributed by atoms with Crippen LogP contribution in [0, 0.1) is 0 Å². The fourth-order valence-corrected chi connectivity index (χ4v) is 1.76. The number of primary amides is 1. The standard InChI is InChI=1S/CH7NO6P2.CH3NO/c2-1(9(3,4)5)10(6,7)8;2-1-3/h1H,2H2,(H2,3,4,5)(H2,6,7,8);1H,(H2,2,3).